The van der Waals surface area contributed by atoms with Gasteiger partial charge in [-0.2, -0.15) is 0 Å². The SMILES string of the molecule is CN(C)S(=O)(=O)c1ccc(CC(=O)NCCc2cccs2)cc1. The highest BCUT2D eigenvalue weighted by Crippen LogP contribution is 2.14. The van der Waals surface area contributed by atoms with Crippen molar-refractivity contribution < 1.29 is 13.2 Å². The monoisotopic (exact) mass is 352 g/mol. The zero-order valence-electron chi connectivity index (χ0n) is 13.2. The van der Waals surface area contributed by atoms with Gasteiger partial charge in [-0.3, -0.25) is 4.79 Å². The second-order valence-electron chi connectivity index (χ2n) is 5.29. The second kappa shape index (κ2) is 7.72. The summed E-state index contributed by atoms with van der Waals surface area (Å²) in [7, 11) is -0.447. The van der Waals surface area contributed by atoms with Gasteiger partial charge in [0, 0.05) is 25.5 Å². The molecule has 1 heterocycles. The lowest BCUT2D eigenvalue weighted by molar-refractivity contribution is -0.120. The number of nitrogens with one attached hydrogen (secondary N) is 1. The molecule has 1 N–H and O–H groups in total. The fourth-order valence-electron chi connectivity index (χ4n) is 2.02. The van der Waals surface area contributed by atoms with Gasteiger partial charge >= 0.3 is 0 Å². The Hall–Kier alpha value is -1.70. The van der Waals surface area contributed by atoms with Crippen molar-refractivity contribution in [2.24, 2.45) is 0 Å². The van der Waals surface area contributed by atoms with Gasteiger partial charge in [0.2, 0.25) is 15.9 Å². The highest BCUT2D eigenvalue weighted by Gasteiger charge is 2.16. The van der Waals surface area contributed by atoms with E-state index in [2.05, 4.69) is 5.32 Å². The molecular formula is C16H20N2O3S2. The highest BCUT2D eigenvalue weighted by molar-refractivity contribution is 7.89. The van der Waals surface area contributed by atoms with Gasteiger partial charge < -0.3 is 5.32 Å². The number of carbonyl (C=O) groups is 1. The molecule has 2 rings (SSSR count). The number of benzene rings is 1. The molecule has 0 fully saturated rings. The van der Waals surface area contributed by atoms with Crippen LogP contribution in [-0.2, 0) is 27.7 Å². The number of nitrogens with zero attached hydrogens (tertiary/aromatic N) is 1. The summed E-state index contributed by atoms with van der Waals surface area (Å²) in [5.74, 6) is -0.0650. The molecule has 0 unspecified atom stereocenters. The van der Waals surface area contributed by atoms with E-state index in [0.29, 0.717) is 6.54 Å². The Kier molecular flexibility index (Phi) is 5.92. The minimum absolute atomic E-state index is 0.0650. The van der Waals surface area contributed by atoms with Gasteiger partial charge in [-0.1, -0.05) is 18.2 Å². The largest absolute Gasteiger partial charge is 0.355 e. The van der Waals surface area contributed by atoms with Crippen molar-refractivity contribution in [1.29, 1.82) is 0 Å². The van der Waals surface area contributed by atoms with Crippen LogP contribution in [0.5, 0.6) is 0 Å². The van der Waals surface area contributed by atoms with Crippen molar-refractivity contribution in [3.8, 4) is 0 Å². The topological polar surface area (TPSA) is 66.5 Å². The minimum Gasteiger partial charge on any atom is -0.355 e. The van der Waals surface area contributed by atoms with Crippen molar-refractivity contribution in [1.82, 2.24) is 9.62 Å². The van der Waals surface area contributed by atoms with Gasteiger partial charge in [0.15, 0.2) is 0 Å². The summed E-state index contributed by atoms with van der Waals surface area (Å²) in [5.41, 5.74) is 0.788. The standard InChI is InChI=1S/C16H20N2O3S2/c1-18(2)23(20,21)15-7-5-13(6-8-15)12-16(19)17-10-9-14-4-3-11-22-14/h3-8,11H,9-10,12H2,1-2H3,(H,17,19). The Balaban J connectivity index is 1.87. The molecule has 0 spiro atoms. The molecule has 5 nitrogen and oxygen atoms in total. The zero-order valence-corrected chi connectivity index (χ0v) is 14.8. The number of carbonyl (C=O) groups excluding carboxylic acids is 1. The van der Waals surface area contributed by atoms with Crippen molar-refractivity contribution in [2.45, 2.75) is 17.7 Å². The Morgan fingerprint density at radius 1 is 1.17 bits per heavy atom. The van der Waals surface area contributed by atoms with Crippen LogP contribution in [0.3, 0.4) is 0 Å². The number of hydrogen-bond donors (Lipinski definition) is 1. The van der Waals surface area contributed by atoms with Crippen LogP contribution in [0.4, 0.5) is 0 Å². The van der Waals surface area contributed by atoms with E-state index in [-0.39, 0.29) is 17.2 Å². The maximum atomic E-state index is 12.0. The van der Waals surface area contributed by atoms with Gasteiger partial charge in [-0.05, 0) is 35.6 Å². The fraction of sp³-hybridized carbons (Fsp3) is 0.312. The summed E-state index contributed by atoms with van der Waals surface area (Å²) in [4.78, 5) is 13.4. The molecule has 0 saturated carbocycles. The molecule has 23 heavy (non-hydrogen) atoms. The van der Waals surface area contributed by atoms with E-state index in [0.717, 1.165) is 12.0 Å². The molecule has 124 valence electrons. The molecule has 0 radical (unpaired) electrons. The predicted octanol–water partition coefficient (Wildman–Crippen LogP) is 1.90. The molecule has 1 amide bonds. The quantitative estimate of drug-likeness (QED) is 0.828. The fourth-order valence-corrected chi connectivity index (χ4v) is 3.63. The number of thiophene rings is 1. The maximum Gasteiger partial charge on any atom is 0.242 e. The second-order valence-corrected chi connectivity index (χ2v) is 8.47. The molecule has 0 aliphatic heterocycles. The first-order valence-electron chi connectivity index (χ1n) is 7.20. The summed E-state index contributed by atoms with van der Waals surface area (Å²) in [5, 5.41) is 4.89. The third-order valence-corrected chi connectivity index (χ3v) is 6.11. The first kappa shape index (κ1) is 17.7. The predicted molar refractivity (Wildman–Crippen MR) is 92.1 cm³/mol. The molecule has 1 aromatic carbocycles. The van der Waals surface area contributed by atoms with Gasteiger partial charge in [-0.15, -0.1) is 11.3 Å². The van der Waals surface area contributed by atoms with Crippen molar-refractivity contribution >= 4 is 27.3 Å². The average Bonchev–Trinajstić information content (AvgIpc) is 3.01. The van der Waals surface area contributed by atoms with E-state index in [4.69, 9.17) is 0 Å². The number of rotatable bonds is 7. The van der Waals surface area contributed by atoms with Crippen molar-refractivity contribution in [2.75, 3.05) is 20.6 Å². The molecule has 0 bridgehead atoms. The highest BCUT2D eigenvalue weighted by atomic mass is 32.2. The molecule has 0 atom stereocenters. The Morgan fingerprint density at radius 3 is 2.43 bits per heavy atom. The summed E-state index contributed by atoms with van der Waals surface area (Å²) in [6, 6.07) is 10.4. The lowest BCUT2D eigenvalue weighted by Crippen LogP contribution is -2.27. The Labute approximate surface area is 141 Å². The smallest absolute Gasteiger partial charge is 0.242 e. The summed E-state index contributed by atoms with van der Waals surface area (Å²) in [6.45, 7) is 0.604. The molecular weight excluding hydrogens is 332 g/mol. The van der Waals surface area contributed by atoms with E-state index < -0.39 is 10.0 Å². The third-order valence-electron chi connectivity index (χ3n) is 3.34. The zero-order chi connectivity index (χ0) is 16.9. The van der Waals surface area contributed by atoms with Gasteiger partial charge in [-0.25, -0.2) is 12.7 Å². The van der Waals surface area contributed by atoms with Crippen LogP contribution < -0.4 is 5.32 Å². The summed E-state index contributed by atoms with van der Waals surface area (Å²) >= 11 is 1.67. The number of hydrogen-bond acceptors (Lipinski definition) is 4. The van der Waals surface area contributed by atoms with Crippen LogP contribution in [0.1, 0.15) is 10.4 Å². The van der Waals surface area contributed by atoms with Crippen LogP contribution >= 0.6 is 11.3 Å². The molecule has 0 aliphatic rings. The van der Waals surface area contributed by atoms with Crippen LogP contribution in [0.15, 0.2) is 46.7 Å². The summed E-state index contributed by atoms with van der Waals surface area (Å²) in [6.07, 6.45) is 1.07. The first-order chi connectivity index (χ1) is 10.9. The van der Waals surface area contributed by atoms with E-state index in [1.54, 1.807) is 23.5 Å². The Bertz CT molecular complexity index is 736. The molecule has 2 aromatic rings. The normalized spacial score (nSPS) is 11.6. The lowest BCUT2D eigenvalue weighted by Gasteiger charge is -2.11. The van der Waals surface area contributed by atoms with E-state index in [9.17, 15) is 13.2 Å². The van der Waals surface area contributed by atoms with E-state index in [1.807, 2.05) is 17.5 Å². The van der Waals surface area contributed by atoms with Gasteiger partial charge in [0.05, 0.1) is 11.3 Å². The van der Waals surface area contributed by atoms with Crippen LogP contribution in [-0.4, -0.2) is 39.3 Å². The molecule has 0 aliphatic carbocycles. The van der Waals surface area contributed by atoms with E-state index >= 15 is 0 Å². The van der Waals surface area contributed by atoms with E-state index in [1.165, 1.54) is 35.4 Å². The Morgan fingerprint density at radius 2 is 1.87 bits per heavy atom. The molecule has 1 aromatic heterocycles. The molecule has 0 saturated heterocycles. The van der Waals surface area contributed by atoms with Gasteiger partial charge in [0.1, 0.15) is 0 Å². The first-order valence-corrected chi connectivity index (χ1v) is 9.52. The van der Waals surface area contributed by atoms with Crippen LogP contribution in [0.2, 0.25) is 0 Å². The van der Waals surface area contributed by atoms with Crippen LogP contribution in [0, 0.1) is 0 Å². The summed E-state index contributed by atoms with van der Waals surface area (Å²) < 4.78 is 25.1. The molecule has 7 heteroatoms. The average molecular weight is 352 g/mol. The number of sulfonamides is 1. The van der Waals surface area contributed by atoms with Gasteiger partial charge in [0.25, 0.3) is 0 Å². The van der Waals surface area contributed by atoms with Crippen molar-refractivity contribution in [3.05, 3.63) is 52.2 Å². The van der Waals surface area contributed by atoms with Crippen LogP contribution in [0.25, 0.3) is 0 Å². The minimum atomic E-state index is -3.43. The lowest BCUT2D eigenvalue weighted by atomic mass is 10.1. The third kappa shape index (κ3) is 4.89. The van der Waals surface area contributed by atoms with Crippen molar-refractivity contribution in [3.63, 3.8) is 0 Å². The number of amides is 1. The maximum absolute atomic E-state index is 12.0.